The Balaban J connectivity index is 2.75. The monoisotopic (exact) mass is 223 g/mol. The summed E-state index contributed by atoms with van der Waals surface area (Å²) in [6, 6.07) is 0. The zero-order chi connectivity index (χ0) is 12.3. The summed E-state index contributed by atoms with van der Waals surface area (Å²) in [6.45, 7) is 4.14. The topological polar surface area (TPSA) is 55.2 Å². The SMILES string of the molecule is Cc1nn(CCC(=O)N(C)C)c(C)c1C=O. The van der Waals surface area contributed by atoms with E-state index in [1.165, 1.54) is 0 Å². The van der Waals surface area contributed by atoms with Crippen LogP contribution in [0.1, 0.15) is 28.2 Å². The number of hydrogen-bond donors (Lipinski definition) is 0. The van der Waals surface area contributed by atoms with Crippen molar-refractivity contribution in [3.63, 3.8) is 0 Å². The number of aromatic nitrogens is 2. The second-order valence-electron chi connectivity index (χ2n) is 3.96. The highest BCUT2D eigenvalue weighted by Crippen LogP contribution is 2.10. The van der Waals surface area contributed by atoms with E-state index in [9.17, 15) is 9.59 Å². The van der Waals surface area contributed by atoms with Crippen LogP contribution in [-0.4, -0.2) is 41.0 Å². The van der Waals surface area contributed by atoms with Gasteiger partial charge in [-0.25, -0.2) is 0 Å². The molecule has 0 bridgehead atoms. The van der Waals surface area contributed by atoms with Crippen LogP contribution in [-0.2, 0) is 11.3 Å². The van der Waals surface area contributed by atoms with E-state index in [0.29, 0.717) is 24.2 Å². The third-order valence-corrected chi connectivity index (χ3v) is 2.59. The number of nitrogens with zero attached hydrogens (tertiary/aromatic N) is 3. The number of rotatable bonds is 4. The van der Waals surface area contributed by atoms with E-state index in [1.807, 2.05) is 6.92 Å². The van der Waals surface area contributed by atoms with Crippen LogP contribution in [0.3, 0.4) is 0 Å². The molecule has 0 unspecified atom stereocenters. The van der Waals surface area contributed by atoms with Crippen LogP contribution in [0.4, 0.5) is 0 Å². The molecule has 0 spiro atoms. The molecule has 0 aliphatic rings. The molecule has 0 aliphatic carbocycles. The third kappa shape index (κ3) is 2.48. The van der Waals surface area contributed by atoms with Gasteiger partial charge in [-0.15, -0.1) is 0 Å². The quantitative estimate of drug-likeness (QED) is 0.709. The van der Waals surface area contributed by atoms with Gasteiger partial charge in [0.1, 0.15) is 0 Å². The molecule has 0 aliphatic heterocycles. The fourth-order valence-corrected chi connectivity index (χ4v) is 1.52. The fourth-order valence-electron chi connectivity index (χ4n) is 1.52. The Bertz CT molecular complexity index is 408. The first-order valence-electron chi connectivity index (χ1n) is 5.16. The minimum Gasteiger partial charge on any atom is -0.349 e. The zero-order valence-corrected chi connectivity index (χ0v) is 10.1. The molecule has 0 saturated heterocycles. The van der Waals surface area contributed by atoms with Crippen molar-refractivity contribution in [2.75, 3.05) is 14.1 Å². The zero-order valence-electron chi connectivity index (χ0n) is 10.1. The van der Waals surface area contributed by atoms with Gasteiger partial charge in [-0.05, 0) is 13.8 Å². The van der Waals surface area contributed by atoms with Gasteiger partial charge in [0, 0.05) is 32.8 Å². The summed E-state index contributed by atoms with van der Waals surface area (Å²) in [7, 11) is 3.45. The van der Waals surface area contributed by atoms with E-state index < -0.39 is 0 Å². The summed E-state index contributed by atoms with van der Waals surface area (Å²) in [5.41, 5.74) is 2.15. The first kappa shape index (κ1) is 12.4. The van der Waals surface area contributed by atoms with Gasteiger partial charge in [-0.2, -0.15) is 5.10 Å². The summed E-state index contributed by atoms with van der Waals surface area (Å²) < 4.78 is 1.71. The fraction of sp³-hybridized carbons (Fsp3) is 0.545. The van der Waals surface area contributed by atoms with Gasteiger partial charge in [0.25, 0.3) is 0 Å². The van der Waals surface area contributed by atoms with Gasteiger partial charge >= 0.3 is 0 Å². The van der Waals surface area contributed by atoms with E-state index in [2.05, 4.69) is 5.10 Å². The standard InChI is InChI=1S/C11H17N3O2/c1-8-10(7-15)9(2)14(12-8)6-5-11(16)13(3)4/h7H,5-6H2,1-4H3. The van der Waals surface area contributed by atoms with Crippen molar-refractivity contribution in [2.24, 2.45) is 0 Å². The van der Waals surface area contributed by atoms with Crippen LogP contribution in [0.25, 0.3) is 0 Å². The molecule has 0 aromatic carbocycles. The molecule has 5 heteroatoms. The molecule has 5 nitrogen and oxygen atoms in total. The minimum atomic E-state index is 0.0557. The molecule has 1 aromatic rings. The van der Waals surface area contributed by atoms with Crippen LogP contribution in [0.2, 0.25) is 0 Å². The van der Waals surface area contributed by atoms with Gasteiger partial charge in [-0.3, -0.25) is 14.3 Å². The van der Waals surface area contributed by atoms with Gasteiger partial charge < -0.3 is 4.90 Å². The van der Waals surface area contributed by atoms with Crippen molar-refractivity contribution in [2.45, 2.75) is 26.8 Å². The maximum Gasteiger partial charge on any atom is 0.223 e. The lowest BCUT2D eigenvalue weighted by atomic mass is 10.2. The van der Waals surface area contributed by atoms with Gasteiger partial charge in [0.2, 0.25) is 5.91 Å². The largest absolute Gasteiger partial charge is 0.349 e. The Hall–Kier alpha value is -1.65. The predicted molar refractivity (Wildman–Crippen MR) is 60.4 cm³/mol. The molecule has 0 N–H and O–H groups in total. The van der Waals surface area contributed by atoms with Gasteiger partial charge in [-0.1, -0.05) is 0 Å². The normalized spacial score (nSPS) is 10.2. The molecule has 88 valence electrons. The number of carbonyl (C=O) groups excluding carboxylic acids is 2. The summed E-state index contributed by atoms with van der Waals surface area (Å²) in [6.07, 6.45) is 1.20. The first-order chi connectivity index (χ1) is 7.47. The molecule has 16 heavy (non-hydrogen) atoms. The molecule has 0 atom stereocenters. The lowest BCUT2D eigenvalue weighted by molar-refractivity contribution is -0.128. The van der Waals surface area contributed by atoms with Gasteiger partial charge in [0.05, 0.1) is 11.3 Å². The molecular formula is C11H17N3O2. The van der Waals surface area contributed by atoms with E-state index in [1.54, 1.807) is 30.6 Å². The number of carbonyl (C=O) groups is 2. The molecule has 1 aromatic heterocycles. The highest BCUT2D eigenvalue weighted by Gasteiger charge is 2.11. The van der Waals surface area contributed by atoms with Crippen LogP contribution in [0.15, 0.2) is 0 Å². The molecular weight excluding hydrogens is 206 g/mol. The van der Waals surface area contributed by atoms with Crippen molar-refractivity contribution in [3.05, 3.63) is 17.0 Å². The van der Waals surface area contributed by atoms with E-state index >= 15 is 0 Å². The van der Waals surface area contributed by atoms with Crippen molar-refractivity contribution in [1.82, 2.24) is 14.7 Å². The first-order valence-corrected chi connectivity index (χ1v) is 5.16. The van der Waals surface area contributed by atoms with Crippen LogP contribution in [0, 0.1) is 13.8 Å². The average molecular weight is 223 g/mol. The third-order valence-electron chi connectivity index (χ3n) is 2.59. The summed E-state index contributed by atoms with van der Waals surface area (Å²) in [5, 5.41) is 4.23. The van der Waals surface area contributed by atoms with Crippen molar-refractivity contribution >= 4 is 12.2 Å². The van der Waals surface area contributed by atoms with Crippen molar-refractivity contribution in [1.29, 1.82) is 0 Å². The summed E-state index contributed by atoms with van der Waals surface area (Å²) in [5.74, 6) is 0.0557. The van der Waals surface area contributed by atoms with Crippen molar-refractivity contribution in [3.8, 4) is 0 Å². The number of aryl methyl sites for hydroxylation is 2. The summed E-state index contributed by atoms with van der Waals surface area (Å²) >= 11 is 0. The van der Waals surface area contributed by atoms with Crippen molar-refractivity contribution < 1.29 is 9.59 Å². The van der Waals surface area contributed by atoms with E-state index in [4.69, 9.17) is 0 Å². The van der Waals surface area contributed by atoms with Gasteiger partial charge in [0.15, 0.2) is 6.29 Å². The second kappa shape index (κ2) is 4.92. The molecule has 0 fully saturated rings. The molecule has 1 heterocycles. The second-order valence-corrected chi connectivity index (χ2v) is 3.96. The molecule has 0 saturated carbocycles. The highest BCUT2D eigenvalue weighted by molar-refractivity contribution is 5.78. The number of aldehydes is 1. The maximum absolute atomic E-state index is 11.4. The minimum absolute atomic E-state index is 0.0557. The molecule has 1 rings (SSSR count). The summed E-state index contributed by atoms with van der Waals surface area (Å²) in [4.78, 5) is 23.7. The Morgan fingerprint density at radius 2 is 2.06 bits per heavy atom. The lowest BCUT2D eigenvalue weighted by Crippen LogP contribution is -2.23. The van der Waals surface area contributed by atoms with Crippen LogP contribution < -0.4 is 0 Å². The highest BCUT2D eigenvalue weighted by atomic mass is 16.2. The maximum atomic E-state index is 11.4. The Morgan fingerprint density at radius 1 is 1.44 bits per heavy atom. The van der Waals surface area contributed by atoms with Crippen LogP contribution in [0.5, 0.6) is 0 Å². The Labute approximate surface area is 95.0 Å². The molecule has 1 amide bonds. The van der Waals surface area contributed by atoms with E-state index in [0.717, 1.165) is 12.0 Å². The molecule has 0 radical (unpaired) electrons. The average Bonchev–Trinajstić information content (AvgIpc) is 2.50. The number of hydrogen-bond acceptors (Lipinski definition) is 3. The number of amides is 1. The van der Waals surface area contributed by atoms with E-state index in [-0.39, 0.29) is 5.91 Å². The Morgan fingerprint density at radius 3 is 2.50 bits per heavy atom. The van der Waals surface area contributed by atoms with Crippen LogP contribution >= 0.6 is 0 Å². The predicted octanol–water partition coefficient (Wildman–Crippen LogP) is 0.791. The Kier molecular flexibility index (Phi) is 3.82. The lowest BCUT2D eigenvalue weighted by Gasteiger charge is -2.10. The smallest absolute Gasteiger partial charge is 0.223 e.